The molecule has 4 fully saturated rings. The van der Waals surface area contributed by atoms with Crippen LogP contribution in [0.5, 0.6) is 5.75 Å². The van der Waals surface area contributed by atoms with Gasteiger partial charge >= 0.3 is 6.03 Å². The van der Waals surface area contributed by atoms with Crippen LogP contribution in [0.15, 0.2) is 90.0 Å². The Bertz CT molecular complexity index is 2920. The number of amides is 3. The second-order valence-corrected chi connectivity index (χ2v) is 17.7. The molecule has 6 aromatic rings. The van der Waals surface area contributed by atoms with Gasteiger partial charge in [0.15, 0.2) is 5.60 Å². The van der Waals surface area contributed by atoms with Crippen LogP contribution in [0.25, 0.3) is 32.9 Å². The quantitative estimate of drug-likeness (QED) is 0.133. The van der Waals surface area contributed by atoms with Gasteiger partial charge in [-0.2, -0.15) is 0 Å². The second kappa shape index (κ2) is 17.1. The predicted octanol–water partition coefficient (Wildman–Crippen LogP) is 5.19. The number of aliphatic hydroxyl groups excluding tert-OH is 1. The van der Waals surface area contributed by atoms with Crippen LogP contribution in [0, 0.1) is 11.8 Å². The minimum Gasteiger partial charge on any atom is -0.495 e. The molecule has 0 radical (unpaired) electrons. The molecule has 15 heteroatoms. The van der Waals surface area contributed by atoms with E-state index in [1.54, 1.807) is 36.0 Å². The number of ether oxygens (including phenoxy) is 2. The number of rotatable bonds is 10. The number of pyridine rings is 1. The first-order valence-corrected chi connectivity index (χ1v) is 22.4. The number of imide groups is 1. The van der Waals surface area contributed by atoms with Crippen molar-refractivity contribution >= 4 is 45.4 Å². The lowest BCUT2D eigenvalue weighted by atomic mass is 9.87. The lowest BCUT2D eigenvalue weighted by molar-refractivity contribution is -0.120. The van der Waals surface area contributed by atoms with Gasteiger partial charge in [0.05, 0.1) is 36.7 Å². The number of fused-ring (bicyclic) bond motifs is 2. The highest BCUT2D eigenvalue weighted by atomic mass is 16.5. The van der Waals surface area contributed by atoms with Gasteiger partial charge in [-0.25, -0.2) is 14.8 Å². The van der Waals surface area contributed by atoms with Gasteiger partial charge in [0.2, 0.25) is 11.9 Å². The number of nitrogens with one attached hydrogen (secondary N) is 2. The Morgan fingerprint density at radius 3 is 2.42 bits per heavy atom. The summed E-state index contributed by atoms with van der Waals surface area (Å²) in [4.78, 5) is 57.1. The lowest BCUT2D eigenvalue weighted by Crippen LogP contribution is -2.51. The maximum absolute atomic E-state index is 13.0. The molecular weight excluding hydrogens is 825 g/mol. The van der Waals surface area contributed by atoms with Crippen LogP contribution in [-0.4, -0.2) is 111 Å². The number of aromatic nitrogens is 4. The number of anilines is 2. The van der Waals surface area contributed by atoms with Gasteiger partial charge in [0.25, 0.3) is 5.56 Å². The summed E-state index contributed by atoms with van der Waals surface area (Å²) < 4.78 is 14.0. The van der Waals surface area contributed by atoms with E-state index in [2.05, 4.69) is 38.0 Å². The molecule has 3 aliphatic heterocycles. The number of hydrogen-bond donors (Lipinski definition) is 4. The van der Waals surface area contributed by atoms with E-state index in [1.807, 2.05) is 54.7 Å². The minimum absolute atomic E-state index is 0.00967. The zero-order valence-electron chi connectivity index (χ0n) is 36.5. The van der Waals surface area contributed by atoms with E-state index in [0.717, 1.165) is 71.8 Å². The van der Waals surface area contributed by atoms with Crippen molar-refractivity contribution in [1.82, 2.24) is 29.7 Å². The van der Waals surface area contributed by atoms with E-state index in [9.17, 15) is 24.6 Å². The summed E-state index contributed by atoms with van der Waals surface area (Å²) in [5.74, 6) is 7.05. The number of H-pyrrole nitrogens is 1. The molecule has 1 aliphatic carbocycles. The maximum atomic E-state index is 13.0. The average Bonchev–Trinajstić information content (AvgIpc) is 4.02. The van der Waals surface area contributed by atoms with Crippen LogP contribution >= 0.6 is 0 Å². The molecule has 3 amide bonds. The van der Waals surface area contributed by atoms with Gasteiger partial charge < -0.3 is 34.1 Å². The highest BCUT2D eigenvalue weighted by Crippen LogP contribution is 2.43. The number of likely N-dealkylation sites (tertiary alicyclic amines) is 1. The van der Waals surface area contributed by atoms with E-state index < -0.39 is 17.2 Å². The molecule has 0 unspecified atom stereocenters. The summed E-state index contributed by atoms with van der Waals surface area (Å²) in [5, 5.41) is 27.0. The number of methoxy groups -OCH3 is 1. The Labute approximate surface area is 376 Å². The standard InChI is InChI=1S/C50H52N8O7/c1-55-30-39(37-15-22-51-44(37)46(55)61)33-9-12-40-38(29-33)45(50(31-59,65-36-10-11-36)34-6-4-3-5-7-34)54-47(52-40)57-23-16-35(17-24-57)56-26-20-49(63,21-27-56)19-14-32-8-13-42(64-2)41(28-32)58-25-18-43(60)53-48(58)62/h3-9,12-13,15,22,28-30,35-36,51,59,63H,10-11,16-18,20-21,23-27,31H2,1-2H3,(H,53,60,62)/t50-/m0/s1. The smallest absolute Gasteiger partial charge is 0.328 e. The Hall–Kier alpha value is -6.57. The van der Waals surface area contributed by atoms with Crippen molar-refractivity contribution in [3.8, 4) is 28.7 Å². The number of carbonyl (C=O) groups is 2. The highest BCUT2D eigenvalue weighted by molar-refractivity contribution is 6.06. The summed E-state index contributed by atoms with van der Waals surface area (Å²) in [6.45, 7) is 2.76. The number of hydrogen-bond acceptors (Lipinski definition) is 11. The number of aromatic amines is 1. The molecule has 3 saturated heterocycles. The number of benzene rings is 3. The van der Waals surface area contributed by atoms with Crippen LogP contribution in [0.1, 0.15) is 61.8 Å². The molecule has 65 heavy (non-hydrogen) atoms. The third-order valence-electron chi connectivity index (χ3n) is 13.5. The first-order valence-electron chi connectivity index (χ1n) is 22.4. The minimum atomic E-state index is -1.25. The predicted molar refractivity (Wildman–Crippen MR) is 247 cm³/mol. The normalized spacial score (nSPS) is 19.2. The van der Waals surface area contributed by atoms with Crippen molar-refractivity contribution in [3.05, 3.63) is 112 Å². The molecule has 15 nitrogen and oxygen atoms in total. The van der Waals surface area contributed by atoms with Gasteiger partial charge in [-0.1, -0.05) is 48.2 Å². The SMILES string of the molecule is COc1ccc(C#CC2(O)CCN(C3CCN(c4nc([C@@](CO)(OC5CC5)c5ccccc5)c5cc(-c6cn(C)c(=O)c7[nH]ccc67)ccc5n4)CC3)CC2)cc1N1CCC(=O)NC1=O. The van der Waals surface area contributed by atoms with E-state index >= 15 is 0 Å². The fourth-order valence-electron chi connectivity index (χ4n) is 9.65. The molecule has 1 atom stereocenters. The van der Waals surface area contributed by atoms with Crippen LogP contribution in [0.2, 0.25) is 0 Å². The summed E-state index contributed by atoms with van der Waals surface area (Å²) in [6, 6.07) is 23.0. The van der Waals surface area contributed by atoms with Crippen LogP contribution in [-0.2, 0) is 22.2 Å². The molecular formula is C50H52N8O7. The van der Waals surface area contributed by atoms with E-state index in [4.69, 9.17) is 19.4 Å². The van der Waals surface area contributed by atoms with Crippen LogP contribution in [0.4, 0.5) is 16.4 Å². The van der Waals surface area contributed by atoms with Crippen molar-refractivity contribution in [1.29, 1.82) is 0 Å². The first-order chi connectivity index (χ1) is 31.5. The fraction of sp³-hybridized carbons (Fsp3) is 0.380. The summed E-state index contributed by atoms with van der Waals surface area (Å²) in [7, 11) is 3.28. The Kier molecular flexibility index (Phi) is 11.1. The van der Waals surface area contributed by atoms with E-state index in [1.165, 1.54) is 12.0 Å². The van der Waals surface area contributed by atoms with Crippen molar-refractivity contribution in [2.75, 3.05) is 56.2 Å². The molecule has 0 spiro atoms. The second-order valence-electron chi connectivity index (χ2n) is 17.7. The fourth-order valence-corrected chi connectivity index (χ4v) is 9.65. The van der Waals surface area contributed by atoms with Crippen molar-refractivity contribution in [2.45, 2.75) is 68.3 Å². The Balaban J connectivity index is 0.892. The van der Waals surface area contributed by atoms with Gasteiger partial charge in [0.1, 0.15) is 16.9 Å². The molecule has 3 aromatic carbocycles. The Morgan fingerprint density at radius 1 is 0.908 bits per heavy atom. The number of carbonyl (C=O) groups excluding carboxylic acids is 2. The molecule has 4 aliphatic rings. The molecule has 4 N–H and O–H groups in total. The number of urea groups is 1. The van der Waals surface area contributed by atoms with Crippen molar-refractivity contribution in [3.63, 3.8) is 0 Å². The molecule has 10 rings (SSSR count). The number of nitrogens with zero attached hydrogens (tertiary/aromatic N) is 6. The molecule has 334 valence electrons. The maximum Gasteiger partial charge on any atom is 0.328 e. The topological polar surface area (TPSA) is 178 Å². The van der Waals surface area contributed by atoms with E-state index in [-0.39, 0.29) is 37.1 Å². The molecule has 6 heterocycles. The van der Waals surface area contributed by atoms with Crippen molar-refractivity contribution in [2.24, 2.45) is 7.05 Å². The first kappa shape index (κ1) is 42.4. The molecule has 1 saturated carbocycles. The summed E-state index contributed by atoms with van der Waals surface area (Å²) in [6.07, 6.45) is 8.38. The number of aliphatic hydroxyl groups is 2. The van der Waals surface area contributed by atoms with Gasteiger partial charge in [-0.3, -0.25) is 24.7 Å². The zero-order valence-corrected chi connectivity index (χ0v) is 36.5. The van der Waals surface area contributed by atoms with E-state index in [0.29, 0.717) is 66.1 Å². The third-order valence-corrected chi connectivity index (χ3v) is 13.5. The highest BCUT2D eigenvalue weighted by Gasteiger charge is 2.44. The number of aryl methyl sites for hydroxylation is 1. The average molecular weight is 877 g/mol. The zero-order chi connectivity index (χ0) is 44.9. The number of piperidine rings is 2. The summed E-state index contributed by atoms with van der Waals surface area (Å²) in [5.41, 5.74) is 3.10. The van der Waals surface area contributed by atoms with Crippen molar-refractivity contribution < 1.29 is 29.3 Å². The largest absolute Gasteiger partial charge is 0.495 e. The third kappa shape index (κ3) is 8.12. The summed E-state index contributed by atoms with van der Waals surface area (Å²) >= 11 is 0. The van der Waals surface area contributed by atoms with Crippen LogP contribution < -0.4 is 25.4 Å². The van der Waals surface area contributed by atoms with Gasteiger partial charge in [0, 0.05) is 99.4 Å². The molecule has 0 bridgehead atoms. The van der Waals surface area contributed by atoms with Gasteiger partial charge in [-0.05, 0) is 73.2 Å². The van der Waals surface area contributed by atoms with Gasteiger partial charge in [-0.15, -0.1) is 0 Å². The Morgan fingerprint density at radius 2 is 1.69 bits per heavy atom. The van der Waals surface area contributed by atoms with Crippen LogP contribution in [0.3, 0.4) is 0 Å². The molecule has 3 aromatic heterocycles. The lowest BCUT2D eigenvalue weighted by Gasteiger charge is -2.43. The monoisotopic (exact) mass is 876 g/mol.